The molecule has 1 rings (SSSR count). The number of halogens is 2. The first-order chi connectivity index (χ1) is 6.69. The molecule has 0 radical (unpaired) electrons. The summed E-state index contributed by atoms with van der Waals surface area (Å²) < 4.78 is 0. The first-order valence-corrected chi connectivity index (χ1v) is 4.72. The molecule has 0 unspecified atom stereocenters. The Morgan fingerprint density at radius 2 is 2.14 bits per heavy atom. The van der Waals surface area contributed by atoms with Crippen LogP contribution in [0.3, 0.4) is 0 Å². The lowest BCUT2D eigenvalue weighted by Crippen LogP contribution is -2.27. The first kappa shape index (κ1) is 11.3. The van der Waals surface area contributed by atoms with Gasteiger partial charge in [0.05, 0.1) is 28.6 Å². The van der Waals surface area contributed by atoms with Gasteiger partial charge in [0.25, 0.3) is 0 Å². The van der Waals surface area contributed by atoms with Crippen LogP contribution in [-0.2, 0) is 0 Å². The second kappa shape index (κ2) is 5.18. The second-order valence-electron chi connectivity index (χ2n) is 2.76. The summed E-state index contributed by atoms with van der Waals surface area (Å²) in [6.45, 7) is 0. The van der Waals surface area contributed by atoms with Crippen molar-refractivity contribution in [3.05, 3.63) is 33.8 Å². The van der Waals surface area contributed by atoms with Gasteiger partial charge in [-0.1, -0.05) is 29.3 Å². The summed E-state index contributed by atoms with van der Waals surface area (Å²) in [7, 11) is 0. The van der Waals surface area contributed by atoms with Crippen LogP contribution >= 0.6 is 23.2 Å². The van der Waals surface area contributed by atoms with Crippen molar-refractivity contribution in [1.82, 2.24) is 5.43 Å². The molecule has 0 heterocycles. The van der Waals surface area contributed by atoms with Crippen molar-refractivity contribution in [2.45, 2.75) is 12.5 Å². The van der Waals surface area contributed by atoms with Crippen LogP contribution in [0.5, 0.6) is 0 Å². The molecule has 0 spiro atoms. The minimum Gasteiger partial charge on any atom is -0.271 e. The van der Waals surface area contributed by atoms with Gasteiger partial charge in [0, 0.05) is 0 Å². The molecule has 0 saturated heterocycles. The van der Waals surface area contributed by atoms with Gasteiger partial charge in [-0.3, -0.25) is 11.3 Å². The number of nitrogens with one attached hydrogen (secondary N) is 1. The quantitative estimate of drug-likeness (QED) is 0.619. The zero-order chi connectivity index (χ0) is 10.6. The number of hydrogen-bond acceptors (Lipinski definition) is 3. The maximum absolute atomic E-state index is 8.55. The summed E-state index contributed by atoms with van der Waals surface area (Å²) in [6.07, 6.45) is 0.286. The molecule has 14 heavy (non-hydrogen) atoms. The smallest absolute Gasteiger partial charge is 0.0642 e. The number of benzene rings is 1. The average Bonchev–Trinajstić information content (AvgIpc) is 2.19. The highest BCUT2D eigenvalue weighted by atomic mass is 35.5. The van der Waals surface area contributed by atoms with E-state index in [0.29, 0.717) is 10.0 Å². The zero-order valence-electron chi connectivity index (χ0n) is 7.30. The minimum atomic E-state index is -0.213. The Morgan fingerprint density at radius 3 is 2.64 bits per heavy atom. The van der Waals surface area contributed by atoms with Gasteiger partial charge in [-0.25, -0.2) is 0 Å². The van der Waals surface area contributed by atoms with Gasteiger partial charge < -0.3 is 0 Å². The molecule has 0 bridgehead atoms. The maximum Gasteiger partial charge on any atom is 0.0642 e. The van der Waals surface area contributed by atoms with Crippen LogP contribution in [0.25, 0.3) is 0 Å². The molecule has 0 saturated carbocycles. The number of nitriles is 1. The van der Waals surface area contributed by atoms with Gasteiger partial charge in [-0.15, -0.1) is 0 Å². The molecule has 3 N–H and O–H groups in total. The minimum absolute atomic E-state index is 0.213. The molecule has 0 fully saturated rings. The predicted octanol–water partition coefficient (Wildman–Crippen LogP) is 2.41. The van der Waals surface area contributed by atoms with Crippen molar-refractivity contribution in [1.29, 1.82) is 5.26 Å². The van der Waals surface area contributed by atoms with Crippen LogP contribution in [0.4, 0.5) is 0 Å². The number of hydrogen-bond donors (Lipinski definition) is 2. The highest BCUT2D eigenvalue weighted by Gasteiger charge is 2.10. The molecule has 0 aliphatic heterocycles. The van der Waals surface area contributed by atoms with Crippen LogP contribution in [0.1, 0.15) is 18.0 Å². The predicted molar refractivity (Wildman–Crippen MR) is 56.8 cm³/mol. The van der Waals surface area contributed by atoms with Gasteiger partial charge >= 0.3 is 0 Å². The Bertz CT molecular complexity index is 360. The first-order valence-electron chi connectivity index (χ1n) is 3.97. The van der Waals surface area contributed by atoms with Gasteiger partial charge in [0.15, 0.2) is 0 Å². The Labute approximate surface area is 92.4 Å². The van der Waals surface area contributed by atoms with E-state index in [1.807, 2.05) is 6.07 Å². The van der Waals surface area contributed by atoms with Crippen molar-refractivity contribution < 1.29 is 0 Å². The van der Waals surface area contributed by atoms with Crippen LogP contribution in [0, 0.1) is 11.3 Å². The SMILES string of the molecule is N#CC[C@@H](NN)c1ccc(Cl)c(Cl)c1. The summed E-state index contributed by atoms with van der Waals surface area (Å²) in [5, 5.41) is 9.50. The van der Waals surface area contributed by atoms with E-state index in [1.54, 1.807) is 18.2 Å². The topological polar surface area (TPSA) is 61.8 Å². The largest absolute Gasteiger partial charge is 0.271 e. The number of nitrogens with two attached hydrogens (primary N) is 1. The molecular weight excluding hydrogens is 221 g/mol. The molecule has 3 nitrogen and oxygen atoms in total. The highest BCUT2D eigenvalue weighted by Crippen LogP contribution is 2.26. The molecule has 1 atom stereocenters. The van der Waals surface area contributed by atoms with Crippen molar-refractivity contribution >= 4 is 23.2 Å². The van der Waals surface area contributed by atoms with Crippen LogP contribution in [0.2, 0.25) is 10.0 Å². The second-order valence-corrected chi connectivity index (χ2v) is 3.57. The third-order valence-corrected chi connectivity index (χ3v) is 2.58. The Balaban J connectivity index is 2.95. The van der Waals surface area contributed by atoms with Crippen molar-refractivity contribution in [2.24, 2.45) is 5.84 Å². The molecule has 74 valence electrons. The molecule has 1 aromatic carbocycles. The van der Waals surface area contributed by atoms with Gasteiger partial charge in [-0.05, 0) is 17.7 Å². The highest BCUT2D eigenvalue weighted by molar-refractivity contribution is 6.42. The lowest BCUT2D eigenvalue weighted by atomic mass is 10.1. The molecule has 0 amide bonds. The van der Waals surface area contributed by atoms with Crippen molar-refractivity contribution in [3.63, 3.8) is 0 Å². The molecule has 0 aromatic heterocycles. The average molecular weight is 230 g/mol. The van der Waals surface area contributed by atoms with E-state index in [-0.39, 0.29) is 12.5 Å². The third-order valence-electron chi connectivity index (χ3n) is 1.84. The fraction of sp³-hybridized carbons (Fsp3) is 0.222. The van der Waals surface area contributed by atoms with E-state index in [4.69, 9.17) is 34.3 Å². The normalized spacial score (nSPS) is 12.1. The summed E-state index contributed by atoms with van der Waals surface area (Å²) in [4.78, 5) is 0. The molecule has 1 aromatic rings. The van der Waals surface area contributed by atoms with Gasteiger partial charge in [0.1, 0.15) is 0 Å². The number of rotatable bonds is 3. The third kappa shape index (κ3) is 2.60. The molecule has 0 aliphatic carbocycles. The monoisotopic (exact) mass is 229 g/mol. The van der Waals surface area contributed by atoms with E-state index in [9.17, 15) is 0 Å². The number of hydrazine groups is 1. The van der Waals surface area contributed by atoms with Gasteiger partial charge in [-0.2, -0.15) is 5.26 Å². The summed E-state index contributed by atoms with van der Waals surface area (Å²) in [5.41, 5.74) is 3.39. The lowest BCUT2D eigenvalue weighted by Gasteiger charge is -2.12. The standard InChI is InChI=1S/C9H9Cl2N3/c10-7-2-1-6(5-8(7)11)9(14-13)3-4-12/h1-2,5,9,14H,3,13H2/t9-/m1/s1. The Hall–Kier alpha value is -0.790. The van der Waals surface area contributed by atoms with Crippen molar-refractivity contribution in [3.8, 4) is 6.07 Å². The van der Waals surface area contributed by atoms with E-state index in [0.717, 1.165) is 5.56 Å². The van der Waals surface area contributed by atoms with E-state index < -0.39 is 0 Å². The molecule has 0 aliphatic rings. The van der Waals surface area contributed by atoms with E-state index in [2.05, 4.69) is 5.43 Å². The maximum atomic E-state index is 8.55. The van der Waals surface area contributed by atoms with E-state index >= 15 is 0 Å². The summed E-state index contributed by atoms with van der Waals surface area (Å²) in [6, 6.07) is 6.99. The fourth-order valence-corrected chi connectivity index (χ4v) is 1.40. The fourth-order valence-electron chi connectivity index (χ4n) is 1.09. The van der Waals surface area contributed by atoms with Crippen molar-refractivity contribution in [2.75, 3.05) is 0 Å². The van der Waals surface area contributed by atoms with E-state index in [1.165, 1.54) is 0 Å². The Morgan fingerprint density at radius 1 is 1.43 bits per heavy atom. The summed E-state index contributed by atoms with van der Waals surface area (Å²) in [5.74, 6) is 5.30. The molecular formula is C9H9Cl2N3. The lowest BCUT2D eigenvalue weighted by molar-refractivity contribution is 0.566. The van der Waals surface area contributed by atoms with Gasteiger partial charge in [0.2, 0.25) is 0 Å². The van der Waals surface area contributed by atoms with Crippen LogP contribution < -0.4 is 11.3 Å². The van der Waals surface area contributed by atoms with Crippen LogP contribution in [0.15, 0.2) is 18.2 Å². The Kier molecular flexibility index (Phi) is 4.18. The zero-order valence-corrected chi connectivity index (χ0v) is 8.81. The summed E-state index contributed by atoms with van der Waals surface area (Å²) >= 11 is 11.6. The number of nitrogens with zero attached hydrogens (tertiary/aromatic N) is 1. The van der Waals surface area contributed by atoms with Crippen LogP contribution in [-0.4, -0.2) is 0 Å². The molecule has 5 heteroatoms.